The number of aromatic nitrogens is 2. The molecule has 0 saturated heterocycles. The number of rotatable bonds is 4. The summed E-state index contributed by atoms with van der Waals surface area (Å²) in [6, 6.07) is 13.1. The van der Waals surface area contributed by atoms with Crippen molar-refractivity contribution in [3.63, 3.8) is 0 Å². The van der Waals surface area contributed by atoms with Gasteiger partial charge >= 0.3 is 0 Å². The largest absolute Gasteiger partial charge is 0.454 e. The average molecular weight is 348 g/mol. The summed E-state index contributed by atoms with van der Waals surface area (Å²) in [5, 5.41) is 5.95. The van der Waals surface area contributed by atoms with Crippen LogP contribution in [-0.4, -0.2) is 22.7 Å². The van der Waals surface area contributed by atoms with Crippen LogP contribution in [0.15, 0.2) is 54.9 Å². The Labute approximate surface area is 150 Å². The van der Waals surface area contributed by atoms with E-state index < -0.39 is 0 Å². The Hall–Kier alpha value is -3.61. The minimum Gasteiger partial charge on any atom is -0.454 e. The Morgan fingerprint density at radius 2 is 1.88 bits per heavy atom. The van der Waals surface area contributed by atoms with Crippen molar-refractivity contribution in [1.82, 2.24) is 9.97 Å². The van der Waals surface area contributed by atoms with Crippen LogP contribution in [0.25, 0.3) is 0 Å². The smallest absolute Gasteiger partial charge is 0.275 e. The van der Waals surface area contributed by atoms with Crippen LogP contribution in [0.4, 0.5) is 17.2 Å². The molecule has 0 atom stereocenters. The number of benzene rings is 2. The van der Waals surface area contributed by atoms with Crippen LogP contribution >= 0.6 is 0 Å². The molecule has 1 aromatic heterocycles. The van der Waals surface area contributed by atoms with E-state index in [4.69, 9.17) is 9.47 Å². The fourth-order valence-corrected chi connectivity index (χ4v) is 2.53. The third kappa shape index (κ3) is 3.27. The van der Waals surface area contributed by atoms with Crippen LogP contribution in [-0.2, 0) is 0 Å². The van der Waals surface area contributed by atoms with Gasteiger partial charge in [-0.2, -0.15) is 0 Å². The maximum absolute atomic E-state index is 12.3. The lowest BCUT2D eigenvalue weighted by Gasteiger charge is -2.09. The van der Waals surface area contributed by atoms with Crippen molar-refractivity contribution < 1.29 is 14.3 Å². The molecule has 7 heteroatoms. The second-order valence-electron chi connectivity index (χ2n) is 5.75. The zero-order chi connectivity index (χ0) is 17.9. The highest BCUT2D eigenvalue weighted by Crippen LogP contribution is 2.34. The van der Waals surface area contributed by atoms with Gasteiger partial charge in [0.25, 0.3) is 5.91 Å². The number of carbonyl (C=O) groups is 1. The number of hydrogen-bond acceptors (Lipinski definition) is 6. The van der Waals surface area contributed by atoms with E-state index >= 15 is 0 Å². The molecule has 2 heterocycles. The summed E-state index contributed by atoms with van der Waals surface area (Å²) in [6.07, 6.45) is 2.96. The molecule has 2 aromatic carbocycles. The maximum atomic E-state index is 12.3. The first-order valence-electron chi connectivity index (χ1n) is 8.05. The number of nitrogens with one attached hydrogen (secondary N) is 2. The van der Waals surface area contributed by atoms with Crippen molar-refractivity contribution in [1.29, 1.82) is 0 Å². The first kappa shape index (κ1) is 15.9. The maximum Gasteiger partial charge on any atom is 0.275 e. The number of hydrogen-bond donors (Lipinski definition) is 2. The van der Waals surface area contributed by atoms with Crippen molar-refractivity contribution in [3.8, 4) is 11.5 Å². The molecule has 2 N–H and O–H groups in total. The number of anilines is 3. The lowest BCUT2D eigenvalue weighted by molar-refractivity contribution is 0.102. The summed E-state index contributed by atoms with van der Waals surface area (Å²) in [5.41, 5.74) is 2.86. The lowest BCUT2D eigenvalue weighted by Crippen LogP contribution is -2.14. The molecule has 0 bridgehead atoms. The molecule has 0 unspecified atom stereocenters. The van der Waals surface area contributed by atoms with E-state index in [0.29, 0.717) is 23.0 Å². The van der Waals surface area contributed by atoms with E-state index in [1.54, 1.807) is 18.2 Å². The summed E-state index contributed by atoms with van der Waals surface area (Å²) < 4.78 is 10.5. The molecule has 1 aliphatic heterocycles. The normalized spacial score (nSPS) is 11.9. The number of ether oxygens (including phenoxy) is 2. The molecule has 3 aromatic rings. The number of para-hydroxylation sites is 1. The highest BCUT2D eigenvalue weighted by atomic mass is 16.7. The molecule has 0 saturated carbocycles. The Morgan fingerprint density at radius 3 is 2.69 bits per heavy atom. The molecule has 7 nitrogen and oxygen atoms in total. The van der Waals surface area contributed by atoms with E-state index in [9.17, 15) is 4.79 Å². The van der Waals surface area contributed by atoms with E-state index in [-0.39, 0.29) is 18.4 Å². The zero-order valence-electron chi connectivity index (χ0n) is 14.0. The Morgan fingerprint density at radius 1 is 1.04 bits per heavy atom. The fourth-order valence-electron chi connectivity index (χ4n) is 2.53. The molecular weight excluding hydrogens is 332 g/mol. The SMILES string of the molecule is Cc1ccccc1Nc1cnc(C(=O)Nc2ccc3c(c2)OCO3)cn1. The van der Waals surface area contributed by atoms with Gasteiger partial charge < -0.3 is 20.1 Å². The third-order valence-electron chi connectivity index (χ3n) is 3.92. The van der Waals surface area contributed by atoms with Gasteiger partial charge in [0.1, 0.15) is 11.5 Å². The van der Waals surface area contributed by atoms with Gasteiger partial charge in [-0.15, -0.1) is 0 Å². The minimum absolute atomic E-state index is 0.188. The Balaban J connectivity index is 1.44. The molecule has 0 aliphatic carbocycles. The highest BCUT2D eigenvalue weighted by Gasteiger charge is 2.15. The monoisotopic (exact) mass is 348 g/mol. The van der Waals surface area contributed by atoms with Crippen molar-refractivity contribution in [2.45, 2.75) is 6.92 Å². The molecule has 1 aliphatic rings. The summed E-state index contributed by atoms with van der Waals surface area (Å²) in [7, 11) is 0. The second kappa shape index (κ2) is 6.72. The summed E-state index contributed by atoms with van der Waals surface area (Å²) in [4.78, 5) is 20.8. The first-order chi connectivity index (χ1) is 12.7. The number of amides is 1. The van der Waals surface area contributed by atoms with Gasteiger partial charge in [0.2, 0.25) is 6.79 Å². The van der Waals surface area contributed by atoms with Crippen molar-refractivity contribution in [3.05, 3.63) is 66.1 Å². The fraction of sp³-hybridized carbons (Fsp3) is 0.105. The highest BCUT2D eigenvalue weighted by molar-refractivity contribution is 6.02. The second-order valence-corrected chi connectivity index (χ2v) is 5.75. The van der Waals surface area contributed by atoms with Gasteiger partial charge in [0.05, 0.1) is 12.4 Å². The summed E-state index contributed by atoms with van der Waals surface area (Å²) in [5.74, 6) is 1.49. The van der Waals surface area contributed by atoms with E-state index in [0.717, 1.165) is 11.3 Å². The molecule has 0 radical (unpaired) electrons. The number of nitrogens with zero attached hydrogens (tertiary/aromatic N) is 2. The van der Waals surface area contributed by atoms with Gasteiger partial charge in [0, 0.05) is 17.4 Å². The number of fused-ring (bicyclic) bond motifs is 1. The van der Waals surface area contributed by atoms with Gasteiger partial charge in [0.15, 0.2) is 11.5 Å². The number of carbonyl (C=O) groups excluding carboxylic acids is 1. The summed E-state index contributed by atoms with van der Waals surface area (Å²) in [6.45, 7) is 2.19. The molecular formula is C19H16N4O3. The third-order valence-corrected chi connectivity index (χ3v) is 3.92. The van der Waals surface area contributed by atoms with Crippen molar-refractivity contribution in [2.75, 3.05) is 17.4 Å². The van der Waals surface area contributed by atoms with Gasteiger partial charge in [-0.1, -0.05) is 18.2 Å². The molecule has 0 spiro atoms. The van der Waals surface area contributed by atoms with Gasteiger partial charge in [-0.05, 0) is 30.7 Å². The van der Waals surface area contributed by atoms with Crippen LogP contribution < -0.4 is 20.1 Å². The minimum atomic E-state index is -0.348. The van der Waals surface area contributed by atoms with Crippen LogP contribution in [0.3, 0.4) is 0 Å². The quantitative estimate of drug-likeness (QED) is 0.750. The molecule has 4 rings (SSSR count). The van der Waals surface area contributed by atoms with E-state index in [1.807, 2.05) is 31.2 Å². The van der Waals surface area contributed by atoms with Gasteiger partial charge in [-0.25, -0.2) is 9.97 Å². The first-order valence-corrected chi connectivity index (χ1v) is 8.05. The standard InChI is InChI=1S/C19H16N4O3/c1-12-4-2-3-5-14(12)23-18-10-20-15(9-21-18)19(24)22-13-6-7-16-17(8-13)26-11-25-16/h2-10H,11H2,1H3,(H,21,23)(H,22,24). The van der Waals surface area contributed by atoms with Gasteiger partial charge in [-0.3, -0.25) is 4.79 Å². The number of aryl methyl sites for hydroxylation is 1. The van der Waals surface area contributed by atoms with Crippen LogP contribution in [0.2, 0.25) is 0 Å². The van der Waals surface area contributed by atoms with Crippen LogP contribution in [0, 0.1) is 6.92 Å². The lowest BCUT2D eigenvalue weighted by atomic mass is 10.2. The van der Waals surface area contributed by atoms with Crippen LogP contribution in [0.1, 0.15) is 16.1 Å². The van der Waals surface area contributed by atoms with E-state index in [1.165, 1.54) is 12.4 Å². The molecule has 0 fully saturated rings. The molecule has 1 amide bonds. The average Bonchev–Trinajstić information content (AvgIpc) is 3.12. The van der Waals surface area contributed by atoms with Crippen LogP contribution in [0.5, 0.6) is 11.5 Å². The zero-order valence-corrected chi connectivity index (χ0v) is 14.0. The van der Waals surface area contributed by atoms with E-state index in [2.05, 4.69) is 20.6 Å². The summed E-state index contributed by atoms with van der Waals surface area (Å²) >= 11 is 0. The predicted octanol–water partition coefficient (Wildman–Crippen LogP) is 3.51. The Bertz CT molecular complexity index is 957. The molecule has 130 valence electrons. The topological polar surface area (TPSA) is 85.4 Å². The predicted molar refractivity (Wildman–Crippen MR) is 97.0 cm³/mol. The van der Waals surface area contributed by atoms with Crippen molar-refractivity contribution in [2.24, 2.45) is 0 Å². The Kier molecular flexibility index (Phi) is 4.10. The molecule has 26 heavy (non-hydrogen) atoms. The van der Waals surface area contributed by atoms with Crippen molar-refractivity contribution >= 4 is 23.1 Å².